The van der Waals surface area contributed by atoms with Crippen LogP contribution in [0.2, 0.25) is 5.02 Å². The van der Waals surface area contributed by atoms with Gasteiger partial charge >= 0.3 is 0 Å². The molecule has 0 aliphatic carbocycles. The summed E-state index contributed by atoms with van der Waals surface area (Å²) in [5.74, 6) is 0.906. The van der Waals surface area contributed by atoms with Gasteiger partial charge in [0.1, 0.15) is 17.5 Å². The lowest BCUT2D eigenvalue weighted by molar-refractivity contribution is 0.356. The average molecular weight is 418 g/mol. The average Bonchev–Trinajstić information content (AvgIpc) is 3.07. The molecule has 7 heteroatoms. The van der Waals surface area contributed by atoms with Crippen LogP contribution >= 0.6 is 11.6 Å². The van der Waals surface area contributed by atoms with Crippen molar-refractivity contribution in [2.75, 3.05) is 33.2 Å². The van der Waals surface area contributed by atoms with Gasteiger partial charge in [0.25, 0.3) is 0 Å². The van der Waals surface area contributed by atoms with Crippen LogP contribution < -0.4 is 5.32 Å². The van der Waals surface area contributed by atoms with Crippen LogP contribution in [-0.4, -0.2) is 53.8 Å². The molecule has 0 radical (unpaired) electrons. The summed E-state index contributed by atoms with van der Waals surface area (Å²) in [6.45, 7) is 5.61. The van der Waals surface area contributed by atoms with Gasteiger partial charge in [0.05, 0.1) is 6.54 Å². The van der Waals surface area contributed by atoms with Crippen molar-refractivity contribution in [3.05, 3.63) is 70.5 Å². The molecule has 2 N–H and O–H groups in total. The molecule has 1 aromatic rings. The first-order valence-electron chi connectivity index (χ1n) is 10.1. The van der Waals surface area contributed by atoms with Gasteiger partial charge in [0.15, 0.2) is 0 Å². The number of piperazine rings is 1. The first-order valence-corrected chi connectivity index (χ1v) is 10.5. The molecule has 1 aromatic carbocycles. The van der Waals surface area contributed by atoms with E-state index in [9.17, 15) is 4.39 Å². The van der Waals surface area contributed by atoms with Gasteiger partial charge in [-0.15, -0.1) is 0 Å². The summed E-state index contributed by atoms with van der Waals surface area (Å²) in [7, 11) is 1.96. The van der Waals surface area contributed by atoms with Crippen LogP contribution in [-0.2, 0) is 6.54 Å². The summed E-state index contributed by atoms with van der Waals surface area (Å²) in [6, 6.07) is 3.14. The molecule has 0 saturated carbocycles. The van der Waals surface area contributed by atoms with E-state index in [1.165, 1.54) is 6.07 Å². The third-order valence-corrected chi connectivity index (χ3v) is 5.48. The lowest BCUT2D eigenvalue weighted by Gasteiger charge is -2.30. The molecular weight excluding hydrogens is 389 g/mol. The molecule has 0 bridgehead atoms. The molecule has 2 aliphatic heterocycles. The van der Waals surface area contributed by atoms with Crippen LogP contribution in [0.5, 0.6) is 0 Å². The molecule has 0 spiro atoms. The molecule has 2 heterocycles. The van der Waals surface area contributed by atoms with E-state index in [4.69, 9.17) is 17.0 Å². The zero-order chi connectivity index (χ0) is 20.8. The molecule has 29 heavy (non-hydrogen) atoms. The zero-order valence-corrected chi connectivity index (χ0v) is 17.8. The van der Waals surface area contributed by atoms with E-state index >= 15 is 0 Å². The minimum absolute atomic E-state index is 0.321. The van der Waals surface area contributed by atoms with Crippen molar-refractivity contribution in [1.82, 2.24) is 20.0 Å². The second-order valence-electron chi connectivity index (χ2n) is 7.28. The van der Waals surface area contributed by atoms with Crippen molar-refractivity contribution in [3.8, 4) is 0 Å². The van der Waals surface area contributed by atoms with Gasteiger partial charge in [0, 0.05) is 61.8 Å². The molecule has 0 amide bonds. The van der Waals surface area contributed by atoms with Crippen LogP contribution in [0, 0.1) is 11.2 Å². The van der Waals surface area contributed by atoms with Crippen molar-refractivity contribution >= 4 is 17.4 Å². The highest BCUT2D eigenvalue weighted by Crippen LogP contribution is 2.28. The summed E-state index contributed by atoms with van der Waals surface area (Å²) >= 11 is 6.46. The molecular formula is C22H29ClFN5. The fourth-order valence-corrected chi connectivity index (χ4v) is 3.70. The molecule has 156 valence electrons. The number of hydrogen-bond donors (Lipinski definition) is 2. The van der Waals surface area contributed by atoms with E-state index in [0.717, 1.165) is 44.8 Å². The molecule has 0 atom stereocenters. The Labute approximate surface area is 177 Å². The number of rotatable bonds is 6. The Morgan fingerprint density at radius 2 is 2.03 bits per heavy atom. The van der Waals surface area contributed by atoms with Gasteiger partial charge in [-0.05, 0) is 24.6 Å². The third-order valence-electron chi connectivity index (χ3n) is 5.14. The highest BCUT2D eigenvalue weighted by atomic mass is 35.5. The number of amidine groups is 1. The van der Waals surface area contributed by atoms with Gasteiger partial charge in [0.2, 0.25) is 0 Å². The molecule has 1 saturated heterocycles. The van der Waals surface area contributed by atoms with Crippen LogP contribution in [0.4, 0.5) is 4.39 Å². The second-order valence-corrected chi connectivity index (χ2v) is 7.69. The van der Waals surface area contributed by atoms with E-state index < -0.39 is 0 Å². The molecule has 0 unspecified atom stereocenters. The van der Waals surface area contributed by atoms with E-state index in [1.54, 1.807) is 6.07 Å². The molecule has 0 aromatic heterocycles. The second kappa shape index (κ2) is 9.94. The fraction of sp³-hybridized carbons (Fsp3) is 0.409. The Morgan fingerprint density at radius 1 is 1.28 bits per heavy atom. The zero-order valence-electron chi connectivity index (χ0n) is 17.1. The first kappa shape index (κ1) is 21.4. The topological polar surface area (TPSA) is 45.6 Å². The summed E-state index contributed by atoms with van der Waals surface area (Å²) in [5.41, 5.74) is 0.956. The van der Waals surface area contributed by atoms with Crippen molar-refractivity contribution in [3.63, 3.8) is 0 Å². The maximum atomic E-state index is 15.0. The van der Waals surface area contributed by atoms with Gasteiger partial charge < -0.3 is 20.0 Å². The van der Waals surface area contributed by atoms with Crippen molar-refractivity contribution in [2.45, 2.75) is 26.3 Å². The summed E-state index contributed by atoms with van der Waals surface area (Å²) in [4.78, 5) is 5.92. The smallest absolute Gasteiger partial charge is 0.130 e. The van der Waals surface area contributed by atoms with E-state index in [0.29, 0.717) is 28.5 Å². The van der Waals surface area contributed by atoms with Gasteiger partial charge in [-0.2, -0.15) is 0 Å². The van der Waals surface area contributed by atoms with Gasteiger partial charge in [-0.25, -0.2) is 4.39 Å². The highest BCUT2D eigenvalue weighted by Gasteiger charge is 2.22. The Bertz CT molecular complexity index is 803. The summed E-state index contributed by atoms with van der Waals surface area (Å²) in [5, 5.41) is 12.0. The number of nitrogens with zero attached hydrogens (tertiary/aromatic N) is 3. The van der Waals surface area contributed by atoms with Crippen LogP contribution in [0.25, 0.3) is 0 Å². The third kappa shape index (κ3) is 5.19. The monoisotopic (exact) mass is 417 g/mol. The maximum absolute atomic E-state index is 15.0. The lowest BCUT2D eigenvalue weighted by atomic mass is 10.1. The standard InChI is InChI=1S/C22H29ClFN5/c1-3-4-5-6-7-21-27(2)12-13-29(21)16-18-19(23)14-17(15-20(18)24)22(25)28-10-8-26-9-11-28/h5-7,12-15,25-26H,3-4,8-11,16H2,1-2H3/b6-5-,21-7+,25-22?. The van der Waals surface area contributed by atoms with E-state index in [2.05, 4.69) is 18.3 Å². The Kier molecular flexibility index (Phi) is 7.34. The fourth-order valence-electron chi connectivity index (χ4n) is 3.43. The number of allylic oxidation sites excluding steroid dienone is 3. The van der Waals surface area contributed by atoms with Crippen molar-refractivity contribution < 1.29 is 4.39 Å². The normalized spacial score (nSPS) is 18.5. The van der Waals surface area contributed by atoms with Gasteiger partial charge in [-0.1, -0.05) is 37.1 Å². The van der Waals surface area contributed by atoms with E-state index in [-0.39, 0.29) is 5.82 Å². The van der Waals surface area contributed by atoms with Crippen molar-refractivity contribution in [2.24, 2.45) is 0 Å². The SMILES string of the molecule is CCC/C=C\C=C1/N(C)C=CN1Cc1c(F)cc(C(=N)N2CCNCC2)cc1Cl. The predicted octanol–water partition coefficient (Wildman–Crippen LogP) is 4.13. The lowest BCUT2D eigenvalue weighted by Crippen LogP contribution is -2.46. The van der Waals surface area contributed by atoms with Crippen LogP contribution in [0.1, 0.15) is 30.9 Å². The summed E-state index contributed by atoms with van der Waals surface area (Å²) < 4.78 is 15.0. The molecule has 1 fully saturated rings. The Balaban J connectivity index is 1.77. The molecule has 5 nitrogen and oxygen atoms in total. The number of benzene rings is 1. The number of hydrogen-bond acceptors (Lipinski definition) is 4. The van der Waals surface area contributed by atoms with Crippen LogP contribution in [0.15, 0.2) is 48.6 Å². The Hall–Kier alpha value is -2.31. The molecule has 3 rings (SSSR count). The van der Waals surface area contributed by atoms with E-state index in [1.807, 2.05) is 46.3 Å². The first-order chi connectivity index (χ1) is 14.0. The number of halogens is 2. The summed E-state index contributed by atoms with van der Waals surface area (Å²) in [6.07, 6.45) is 12.2. The van der Waals surface area contributed by atoms with Crippen LogP contribution in [0.3, 0.4) is 0 Å². The van der Waals surface area contributed by atoms with Crippen molar-refractivity contribution in [1.29, 1.82) is 5.41 Å². The number of unbranched alkanes of at least 4 members (excludes halogenated alkanes) is 1. The predicted molar refractivity (Wildman–Crippen MR) is 117 cm³/mol. The number of nitrogens with one attached hydrogen (secondary N) is 2. The largest absolute Gasteiger partial charge is 0.354 e. The maximum Gasteiger partial charge on any atom is 0.130 e. The minimum Gasteiger partial charge on any atom is -0.354 e. The quantitative estimate of drug-likeness (QED) is 0.539. The minimum atomic E-state index is -0.379. The van der Waals surface area contributed by atoms with Gasteiger partial charge in [-0.3, -0.25) is 5.41 Å². The Morgan fingerprint density at radius 3 is 2.72 bits per heavy atom. The highest BCUT2D eigenvalue weighted by molar-refractivity contribution is 6.31. The molecule has 2 aliphatic rings.